The molecule has 3 heteroatoms. The van der Waals surface area contributed by atoms with Crippen molar-refractivity contribution in [2.45, 2.75) is 32.6 Å². The minimum atomic E-state index is -0.301. The summed E-state index contributed by atoms with van der Waals surface area (Å²) in [6.45, 7) is 9.80. The number of unbranched alkanes of at least 4 members (excludes halogenated alkanes) is 3. The Bertz CT molecular complexity index is 209. The van der Waals surface area contributed by atoms with Crippen LogP contribution in [-0.2, 0) is 14.3 Å². The average molecular weight is 212 g/mol. The molecular weight excluding hydrogens is 192 g/mol. The Balaban J connectivity index is 3.14. The summed E-state index contributed by atoms with van der Waals surface area (Å²) in [6.07, 6.45) is 5.49. The minimum absolute atomic E-state index is 0.301. The molecule has 0 saturated heterocycles. The van der Waals surface area contributed by atoms with Crippen molar-refractivity contribution in [3.8, 4) is 0 Å². The third-order valence-corrected chi connectivity index (χ3v) is 1.86. The molecule has 86 valence electrons. The first kappa shape index (κ1) is 13.8. The Hall–Kier alpha value is -1.25. The smallest absolute Gasteiger partial charge is 0.333 e. The van der Waals surface area contributed by atoms with E-state index < -0.39 is 0 Å². The van der Waals surface area contributed by atoms with E-state index in [9.17, 15) is 4.79 Å². The second kappa shape index (κ2) is 9.31. The zero-order valence-corrected chi connectivity index (χ0v) is 9.46. The minimum Gasteiger partial charge on any atom is -0.502 e. The van der Waals surface area contributed by atoms with Crippen molar-refractivity contribution in [2.24, 2.45) is 0 Å². The lowest BCUT2D eigenvalue weighted by Gasteiger charge is -2.04. The number of esters is 1. The normalized spacial score (nSPS) is 9.40. The van der Waals surface area contributed by atoms with E-state index in [1.54, 1.807) is 6.92 Å². The molecule has 0 bridgehead atoms. The fourth-order valence-corrected chi connectivity index (χ4v) is 1.01. The average Bonchev–Trinajstić information content (AvgIpc) is 2.21. The molecule has 0 saturated carbocycles. The third kappa shape index (κ3) is 9.06. The zero-order chi connectivity index (χ0) is 11.5. The zero-order valence-electron chi connectivity index (χ0n) is 9.46. The number of carbonyl (C=O) groups excluding carboxylic acids is 1. The van der Waals surface area contributed by atoms with Crippen LogP contribution in [0.5, 0.6) is 0 Å². The van der Waals surface area contributed by atoms with Crippen LogP contribution in [0.3, 0.4) is 0 Å². The number of rotatable bonds is 9. The summed E-state index contributed by atoms with van der Waals surface area (Å²) in [6, 6.07) is 0. The number of hydrogen-bond acceptors (Lipinski definition) is 3. The summed E-state index contributed by atoms with van der Waals surface area (Å²) in [7, 11) is 0. The monoisotopic (exact) mass is 212 g/mol. The summed E-state index contributed by atoms with van der Waals surface area (Å²) >= 11 is 0. The standard InChI is InChI=1S/C12H20O3/c1-4-14-9-7-5-6-8-10-15-12(13)11(2)3/h4H,1-2,5-10H2,3H3. The molecule has 0 amide bonds. The van der Waals surface area contributed by atoms with Crippen molar-refractivity contribution in [3.63, 3.8) is 0 Å². The molecule has 0 fully saturated rings. The van der Waals surface area contributed by atoms with E-state index in [2.05, 4.69) is 13.2 Å². The maximum Gasteiger partial charge on any atom is 0.333 e. The Kier molecular flexibility index (Phi) is 8.53. The van der Waals surface area contributed by atoms with Crippen LogP contribution >= 0.6 is 0 Å². The number of carbonyl (C=O) groups is 1. The van der Waals surface area contributed by atoms with Gasteiger partial charge in [-0.15, -0.1) is 0 Å². The lowest BCUT2D eigenvalue weighted by molar-refractivity contribution is -0.139. The molecule has 3 nitrogen and oxygen atoms in total. The van der Waals surface area contributed by atoms with Gasteiger partial charge in [0.25, 0.3) is 0 Å². The second-order valence-electron chi connectivity index (χ2n) is 3.37. The first-order valence-corrected chi connectivity index (χ1v) is 5.23. The van der Waals surface area contributed by atoms with E-state index in [1.165, 1.54) is 6.26 Å². The predicted molar refractivity (Wildman–Crippen MR) is 60.4 cm³/mol. The highest BCUT2D eigenvalue weighted by Crippen LogP contribution is 2.01. The van der Waals surface area contributed by atoms with Crippen molar-refractivity contribution in [1.29, 1.82) is 0 Å². The molecule has 0 aliphatic carbocycles. The molecule has 0 atom stereocenters. The molecule has 0 spiro atoms. The highest BCUT2D eigenvalue weighted by Gasteiger charge is 2.01. The highest BCUT2D eigenvalue weighted by molar-refractivity contribution is 5.86. The summed E-state index contributed by atoms with van der Waals surface area (Å²) in [5.41, 5.74) is 0.453. The Labute approximate surface area is 91.8 Å². The van der Waals surface area contributed by atoms with E-state index in [1.807, 2.05) is 0 Å². The molecule has 0 N–H and O–H groups in total. The van der Waals surface area contributed by atoms with Crippen LogP contribution in [-0.4, -0.2) is 19.2 Å². The van der Waals surface area contributed by atoms with Crippen molar-refractivity contribution in [3.05, 3.63) is 25.0 Å². The van der Waals surface area contributed by atoms with E-state index in [-0.39, 0.29) is 5.97 Å². The van der Waals surface area contributed by atoms with Crippen LogP contribution < -0.4 is 0 Å². The van der Waals surface area contributed by atoms with Gasteiger partial charge in [0.2, 0.25) is 0 Å². The van der Waals surface area contributed by atoms with E-state index >= 15 is 0 Å². The molecule has 0 rings (SSSR count). The van der Waals surface area contributed by atoms with Gasteiger partial charge in [-0.3, -0.25) is 0 Å². The van der Waals surface area contributed by atoms with Crippen LogP contribution in [0.4, 0.5) is 0 Å². The van der Waals surface area contributed by atoms with Gasteiger partial charge in [0.15, 0.2) is 0 Å². The van der Waals surface area contributed by atoms with Crippen LogP contribution in [0.1, 0.15) is 32.6 Å². The highest BCUT2D eigenvalue weighted by atomic mass is 16.5. The Morgan fingerprint density at radius 2 is 1.80 bits per heavy atom. The molecule has 0 heterocycles. The number of hydrogen-bond donors (Lipinski definition) is 0. The van der Waals surface area contributed by atoms with Gasteiger partial charge in [-0.2, -0.15) is 0 Å². The number of ether oxygens (including phenoxy) is 2. The molecule has 15 heavy (non-hydrogen) atoms. The van der Waals surface area contributed by atoms with Crippen molar-refractivity contribution < 1.29 is 14.3 Å². The van der Waals surface area contributed by atoms with E-state index in [4.69, 9.17) is 9.47 Å². The van der Waals surface area contributed by atoms with Gasteiger partial charge in [-0.1, -0.05) is 13.2 Å². The summed E-state index contributed by atoms with van der Waals surface area (Å²) in [4.78, 5) is 11.0. The summed E-state index contributed by atoms with van der Waals surface area (Å²) in [5.74, 6) is -0.301. The van der Waals surface area contributed by atoms with Crippen molar-refractivity contribution in [2.75, 3.05) is 13.2 Å². The first-order chi connectivity index (χ1) is 7.18. The van der Waals surface area contributed by atoms with Crippen molar-refractivity contribution >= 4 is 5.97 Å². The van der Waals surface area contributed by atoms with Gasteiger partial charge >= 0.3 is 5.97 Å². The second-order valence-corrected chi connectivity index (χ2v) is 3.37. The maximum atomic E-state index is 11.0. The van der Waals surface area contributed by atoms with Gasteiger partial charge in [0.05, 0.1) is 19.5 Å². The van der Waals surface area contributed by atoms with Crippen LogP contribution in [0.15, 0.2) is 25.0 Å². The fraction of sp³-hybridized carbons (Fsp3) is 0.583. The molecule has 0 radical (unpaired) electrons. The van der Waals surface area contributed by atoms with Crippen molar-refractivity contribution in [1.82, 2.24) is 0 Å². The fourth-order valence-electron chi connectivity index (χ4n) is 1.01. The maximum absolute atomic E-state index is 11.0. The summed E-state index contributed by atoms with van der Waals surface area (Å²) < 4.78 is 9.92. The topological polar surface area (TPSA) is 35.5 Å². The first-order valence-electron chi connectivity index (χ1n) is 5.23. The van der Waals surface area contributed by atoms with Crippen LogP contribution in [0.25, 0.3) is 0 Å². The van der Waals surface area contributed by atoms with Gasteiger partial charge in [0.1, 0.15) is 0 Å². The molecule has 0 aromatic heterocycles. The molecule has 0 aromatic carbocycles. The van der Waals surface area contributed by atoms with Crippen LogP contribution in [0, 0.1) is 0 Å². The SMILES string of the molecule is C=COCCCCCCOC(=O)C(=C)C. The van der Waals surface area contributed by atoms with Gasteiger partial charge in [-0.25, -0.2) is 4.79 Å². The molecule has 0 aliphatic heterocycles. The van der Waals surface area contributed by atoms with Gasteiger partial charge in [-0.05, 0) is 32.6 Å². The molecule has 0 unspecified atom stereocenters. The molecular formula is C12H20O3. The quantitative estimate of drug-likeness (QED) is 0.255. The van der Waals surface area contributed by atoms with E-state index in [0.29, 0.717) is 12.2 Å². The summed E-state index contributed by atoms with van der Waals surface area (Å²) in [5, 5.41) is 0. The predicted octanol–water partition coefficient (Wildman–Crippen LogP) is 2.83. The van der Waals surface area contributed by atoms with Gasteiger partial charge in [0, 0.05) is 5.57 Å². The largest absolute Gasteiger partial charge is 0.502 e. The Morgan fingerprint density at radius 3 is 2.33 bits per heavy atom. The lowest BCUT2D eigenvalue weighted by Crippen LogP contribution is -2.06. The Morgan fingerprint density at radius 1 is 1.20 bits per heavy atom. The molecule has 0 aliphatic rings. The van der Waals surface area contributed by atoms with Crippen LogP contribution in [0.2, 0.25) is 0 Å². The van der Waals surface area contributed by atoms with Gasteiger partial charge < -0.3 is 9.47 Å². The lowest BCUT2D eigenvalue weighted by atomic mass is 10.2. The van der Waals surface area contributed by atoms with E-state index in [0.717, 1.165) is 32.3 Å². The third-order valence-electron chi connectivity index (χ3n) is 1.86. The molecule has 0 aromatic rings.